The van der Waals surface area contributed by atoms with Gasteiger partial charge >= 0.3 is 0 Å². The second-order valence-corrected chi connectivity index (χ2v) is 8.26. The monoisotopic (exact) mass is 514 g/mol. The van der Waals surface area contributed by atoms with Gasteiger partial charge in [0, 0.05) is 28.4 Å². The van der Waals surface area contributed by atoms with Crippen LogP contribution in [0.2, 0.25) is 0 Å². The van der Waals surface area contributed by atoms with E-state index < -0.39 is 0 Å². The molecule has 0 saturated heterocycles. The van der Waals surface area contributed by atoms with Crippen LogP contribution in [-0.2, 0) is 0 Å². The summed E-state index contributed by atoms with van der Waals surface area (Å²) < 4.78 is 0. The number of para-hydroxylation sites is 2. The predicted octanol–water partition coefficient (Wildman–Crippen LogP) is 2.54. The van der Waals surface area contributed by atoms with Gasteiger partial charge in [0.25, 0.3) is 11.8 Å². The number of rotatable bonds is 4. The van der Waals surface area contributed by atoms with Crippen molar-refractivity contribution in [2.75, 3.05) is 56.5 Å². The van der Waals surface area contributed by atoms with E-state index in [0.717, 1.165) is 0 Å². The number of nitrogens with one attached hydrogen (secondary N) is 2. The lowest BCUT2D eigenvalue weighted by molar-refractivity contribution is 0.101. The summed E-state index contributed by atoms with van der Waals surface area (Å²) in [6, 6.07) is 19.4. The molecule has 0 atom stereocenters. The highest BCUT2D eigenvalue weighted by molar-refractivity contribution is 6.11. The van der Waals surface area contributed by atoms with E-state index in [1.54, 1.807) is 66.7 Å². The zero-order valence-electron chi connectivity index (χ0n) is 20.4. The van der Waals surface area contributed by atoms with E-state index >= 15 is 0 Å². The maximum absolute atomic E-state index is 12.1. The van der Waals surface area contributed by atoms with Crippen LogP contribution in [0, 0.1) is 0 Å². The summed E-state index contributed by atoms with van der Waals surface area (Å²) in [6.45, 7) is 0. The highest BCUT2D eigenvalue weighted by atomic mass is 16.2. The number of benzene rings is 4. The van der Waals surface area contributed by atoms with Crippen LogP contribution in [0.15, 0.2) is 72.8 Å². The summed E-state index contributed by atoms with van der Waals surface area (Å²) >= 11 is 0. The van der Waals surface area contributed by atoms with Gasteiger partial charge < -0.3 is 56.5 Å². The van der Waals surface area contributed by atoms with Gasteiger partial charge in [-0.05, 0) is 60.7 Å². The van der Waals surface area contributed by atoms with Gasteiger partial charge in [0.05, 0.1) is 39.6 Å². The summed E-state index contributed by atoms with van der Waals surface area (Å²) in [7, 11) is 0. The van der Waals surface area contributed by atoms with Gasteiger partial charge in [0.2, 0.25) is 0 Å². The smallest absolute Gasteiger partial charge is 0.257 e. The molecule has 0 bridgehead atoms. The van der Waals surface area contributed by atoms with Gasteiger partial charge in [-0.25, -0.2) is 0 Å². The van der Waals surface area contributed by atoms with Crippen molar-refractivity contribution < 1.29 is 9.59 Å². The van der Waals surface area contributed by atoms with Gasteiger partial charge in [-0.2, -0.15) is 0 Å². The standard InChI is InChI=1S/2C13H15N5O/c14-8-4-1-3-7(11(8)16)13(19)18-10-6-2-5-9(15)12(10)17;14-7-1-2-11(12(17)6-7)13(19)18-10-4-8(15)3-9(16)5-10/h2*1-6H,14-17H2,(H,18,19). The number of hydrogen-bond acceptors (Lipinski definition) is 10. The molecule has 4 aromatic carbocycles. The molecule has 0 radical (unpaired) electrons. The fourth-order valence-electron chi connectivity index (χ4n) is 3.40. The Balaban J connectivity index is 0.000000211. The number of carbonyl (C=O) groups is 2. The van der Waals surface area contributed by atoms with Gasteiger partial charge in [-0.3, -0.25) is 9.59 Å². The fourth-order valence-corrected chi connectivity index (χ4v) is 3.40. The van der Waals surface area contributed by atoms with Crippen molar-refractivity contribution in [3.8, 4) is 0 Å². The predicted molar refractivity (Wildman–Crippen MR) is 157 cm³/mol. The van der Waals surface area contributed by atoms with Crippen molar-refractivity contribution in [1.82, 2.24) is 0 Å². The zero-order chi connectivity index (χ0) is 28.0. The molecule has 0 aliphatic rings. The quantitative estimate of drug-likeness (QED) is 0.178. The molecule has 0 spiro atoms. The molecule has 196 valence electrons. The minimum atomic E-state index is -0.387. The molecule has 2 amide bonds. The van der Waals surface area contributed by atoms with Crippen molar-refractivity contribution in [2.24, 2.45) is 0 Å². The molecule has 0 aromatic heterocycles. The van der Waals surface area contributed by atoms with Crippen LogP contribution < -0.4 is 56.5 Å². The van der Waals surface area contributed by atoms with Crippen LogP contribution >= 0.6 is 0 Å². The fraction of sp³-hybridized carbons (Fsp3) is 0. The van der Waals surface area contributed by atoms with Crippen molar-refractivity contribution in [1.29, 1.82) is 0 Å². The molecule has 0 heterocycles. The maximum Gasteiger partial charge on any atom is 0.257 e. The normalized spacial score (nSPS) is 10.1. The van der Waals surface area contributed by atoms with E-state index in [-0.39, 0.29) is 17.5 Å². The lowest BCUT2D eigenvalue weighted by Crippen LogP contribution is -2.16. The first-order chi connectivity index (χ1) is 18.0. The number of hydrogen-bond donors (Lipinski definition) is 10. The average Bonchev–Trinajstić information content (AvgIpc) is 2.83. The molecule has 0 aliphatic carbocycles. The molecular weight excluding hydrogens is 484 g/mol. The lowest BCUT2D eigenvalue weighted by Gasteiger charge is -2.11. The van der Waals surface area contributed by atoms with Crippen LogP contribution in [0.1, 0.15) is 20.7 Å². The number of nitrogen functional groups attached to an aromatic ring is 8. The summed E-state index contributed by atoms with van der Waals surface area (Å²) in [6.07, 6.45) is 0. The van der Waals surface area contributed by atoms with Crippen molar-refractivity contribution >= 4 is 68.7 Å². The Hall–Kier alpha value is -5.78. The van der Waals surface area contributed by atoms with Gasteiger partial charge in [0.15, 0.2) is 0 Å². The first-order valence-electron chi connectivity index (χ1n) is 11.2. The van der Waals surface area contributed by atoms with E-state index in [0.29, 0.717) is 62.3 Å². The van der Waals surface area contributed by atoms with Gasteiger partial charge in [-0.1, -0.05) is 12.1 Å². The molecule has 18 N–H and O–H groups in total. The molecule has 0 unspecified atom stereocenters. The summed E-state index contributed by atoms with van der Waals surface area (Å²) in [5.74, 6) is -0.732. The second-order valence-electron chi connectivity index (χ2n) is 8.26. The third kappa shape index (κ3) is 6.46. The minimum Gasteiger partial charge on any atom is -0.399 e. The summed E-state index contributed by atoms with van der Waals surface area (Å²) in [5.41, 5.74) is 50.2. The Bertz CT molecular complexity index is 1480. The molecule has 0 fully saturated rings. The Morgan fingerprint density at radius 3 is 1.71 bits per heavy atom. The number of anilines is 10. The zero-order valence-corrected chi connectivity index (χ0v) is 20.4. The number of carbonyl (C=O) groups excluding carboxylic acids is 2. The first kappa shape index (κ1) is 26.8. The SMILES string of the molecule is Nc1cc(N)cc(NC(=O)c2ccc(N)cc2N)c1.Nc1cccc(NC(=O)c2cccc(N)c2N)c1N. The molecular formula is C26H30N10O2. The van der Waals surface area contributed by atoms with Crippen molar-refractivity contribution in [3.05, 3.63) is 83.9 Å². The summed E-state index contributed by atoms with van der Waals surface area (Å²) in [4.78, 5) is 24.2. The Labute approximate surface area is 218 Å². The van der Waals surface area contributed by atoms with E-state index in [1.165, 1.54) is 6.07 Å². The average molecular weight is 515 g/mol. The third-order valence-electron chi connectivity index (χ3n) is 5.33. The Morgan fingerprint density at radius 2 is 1.08 bits per heavy atom. The molecule has 0 saturated carbocycles. The van der Waals surface area contributed by atoms with E-state index in [4.69, 9.17) is 45.9 Å². The van der Waals surface area contributed by atoms with E-state index in [9.17, 15) is 9.59 Å². The topological polar surface area (TPSA) is 266 Å². The molecule has 12 nitrogen and oxygen atoms in total. The van der Waals surface area contributed by atoms with Crippen LogP contribution in [0.3, 0.4) is 0 Å². The molecule has 4 aromatic rings. The van der Waals surface area contributed by atoms with Crippen LogP contribution in [0.25, 0.3) is 0 Å². The van der Waals surface area contributed by atoms with E-state index in [1.807, 2.05) is 0 Å². The van der Waals surface area contributed by atoms with Crippen molar-refractivity contribution in [3.63, 3.8) is 0 Å². The molecule has 4 rings (SSSR count). The number of nitrogens with two attached hydrogens (primary N) is 8. The number of amides is 2. The van der Waals surface area contributed by atoms with Gasteiger partial charge in [0.1, 0.15) is 0 Å². The highest BCUT2D eigenvalue weighted by Gasteiger charge is 2.13. The largest absolute Gasteiger partial charge is 0.399 e. The van der Waals surface area contributed by atoms with E-state index in [2.05, 4.69) is 10.6 Å². The molecule has 0 aliphatic heterocycles. The van der Waals surface area contributed by atoms with Crippen LogP contribution in [0.4, 0.5) is 56.9 Å². The highest BCUT2D eigenvalue weighted by Crippen LogP contribution is 2.27. The first-order valence-corrected chi connectivity index (χ1v) is 11.2. The maximum atomic E-state index is 12.1. The lowest BCUT2D eigenvalue weighted by atomic mass is 10.1. The molecule has 12 heteroatoms. The van der Waals surface area contributed by atoms with Crippen LogP contribution in [-0.4, -0.2) is 11.8 Å². The third-order valence-corrected chi connectivity index (χ3v) is 5.33. The Kier molecular flexibility index (Phi) is 7.98. The second kappa shape index (κ2) is 11.3. The van der Waals surface area contributed by atoms with Gasteiger partial charge in [-0.15, -0.1) is 0 Å². The molecule has 38 heavy (non-hydrogen) atoms. The van der Waals surface area contributed by atoms with Crippen LogP contribution in [0.5, 0.6) is 0 Å². The van der Waals surface area contributed by atoms with Crippen molar-refractivity contribution in [2.45, 2.75) is 0 Å². The summed E-state index contributed by atoms with van der Waals surface area (Å²) in [5, 5.41) is 5.34. The Morgan fingerprint density at radius 1 is 0.500 bits per heavy atom. The minimum absolute atomic E-state index is 0.238.